The monoisotopic (exact) mass is 282 g/mol. The van der Waals surface area contributed by atoms with Crippen molar-refractivity contribution < 1.29 is 0 Å². The van der Waals surface area contributed by atoms with Gasteiger partial charge in [0.1, 0.15) is 0 Å². The maximum atomic E-state index is 6.31. The standard InChI is InChI=1S/C16H27ClN2/c1-4-6-7-13(5-2)16(19-18)11-14-9-8-12(3)10-15(14)17/h8-10,13,16,19H,4-7,11,18H2,1-3H3. The molecule has 1 rings (SSSR count). The Hall–Kier alpha value is -0.570. The Kier molecular flexibility index (Phi) is 7.44. The lowest BCUT2D eigenvalue weighted by Gasteiger charge is -2.26. The van der Waals surface area contributed by atoms with Crippen LogP contribution < -0.4 is 11.3 Å². The minimum absolute atomic E-state index is 0.303. The molecule has 0 saturated heterocycles. The van der Waals surface area contributed by atoms with Crippen molar-refractivity contribution in [3.63, 3.8) is 0 Å². The Morgan fingerprint density at radius 1 is 1.32 bits per heavy atom. The fourth-order valence-corrected chi connectivity index (χ4v) is 2.88. The summed E-state index contributed by atoms with van der Waals surface area (Å²) < 4.78 is 0. The molecule has 2 atom stereocenters. The van der Waals surface area contributed by atoms with E-state index < -0.39 is 0 Å². The first-order chi connectivity index (χ1) is 9.12. The second-order valence-electron chi connectivity index (χ2n) is 5.38. The number of rotatable bonds is 8. The number of nitrogens with one attached hydrogen (secondary N) is 1. The van der Waals surface area contributed by atoms with Crippen molar-refractivity contribution in [2.45, 2.75) is 58.9 Å². The van der Waals surface area contributed by atoms with Gasteiger partial charge >= 0.3 is 0 Å². The molecule has 0 amide bonds. The first-order valence-electron chi connectivity index (χ1n) is 7.33. The molecule has 0 aliphatic carbocycles. The van der Waals surface area contributed by atoms with E-state index in [0.717, 1.165) is 17.9 Å². The SMILES string of the molecule is CCCCC(CC)C(Cc1ccc(C)cc1Cl)NN. The maximum Gasteiger partial charge on any atom is 0.0441 e. The predicted octanol–water partition coefficient (Wildman–Crippen LogP) is 4.24. The minimum atomic E-state index is 0.303. The number of nitrogens with two attached hydrogens (primary N) is 1. The van der Waals surface area contributed by atoms with E-state index in [1.807, 2.05) is 6.07 Å². The molecule has 0 aliphatic rings. The molecule has 3 heteroatoms. The average molecular weight is 283 g/mol. The summed E-state index contributed by atoms with van der Waals surface area (Å²) in [6, 6.07) is 6.56. The van der Waals surface area contributed by atoms with Crippen LogP contribution in [-0.4, -0.2) is 6.04 Å². The van der Waals surface area contributed by atoms with Crippen molar-refractivity contribution >= 4 is 11.6 Å². The Morgan fingerprint density at radius 3 is 2.58 bits per heavy atom. The summed E-state index contributed by atoms with van der Waals surface area (Å²) in [6.07, 6.45) is 5.78. The number of benzene rings is 1. The van der Waals surface area contributed by atoms with E-state index in [4.69, 9.17) is 17.4 Å². The second-order valence-corrected chi connectivity index (χ2v) is 5.79. The van der Waals surface area contributed by atoms with Gasteiger partial charge in [-0.05, 0) is 42.9 Å². The van der Waals surface area contributed by atoms with Gasteiger partial charge in [-0.2, -0.15) is 0 Å². The molecule has 108 valence electrons. The van der Waals surface area contributed by atoms with Crippen LogP contribution in [0.3, 0.4) is 0 Å². The van der Waals surface area contributed by atoms with Crippen molar-refractivity contribution in [3.8, 4) is 0 Å². The van der Waals surface area contributed by atoms with Gasteiger partial charge in [-0.15, -0.1) is 0 Å². The highest BCUT2D eigenvalue weighted by Gasteiger charge is 2.19. The molecule has 0 spiro atoms. The van der Waals surface area contributed by atoms with Gasteiger partial charge in [0.15, 0.2) is 0 Å². The van der Waals surface area contributed by atoms with Gasteiger partial charge in [-0.25, -0.2) is 0 Å². The number of hydrogen-bond donors (Lipinski definition) is 2. The molecule has 1 aromatic rings. The van der Waals surface area contributed by atoms with Gasteiger partial charge in [0.2, 0.25) is 0 Å². The van der Waals surface area contributed by atoms with E-state index in [1.54, 1.807) is 0 Å². The fourth-order valence-electron chi connectivity index (χ4n) is 2.57. The van der Waals surface area contributed by atoms with E-state index in [9.17, 15) is 0 Å². The summed E-state index contributed by atoms with van der Waals surface area (Å²) in [5.74, 6) is 6.37. The molecule has 0 aliphatic heterocycles. The van der Waals surface area contributed by atoms with Crippen LogP contribution in [-0.2, 0) is 6.42 Å². The van der Waals surface area contributed by atoms with Crippen molar-refractivity contribution in [3.05, 3.63) is 34.3 Å². The number of unbranched alkanes of at least 4 members (excludes halogenated alkanes) is 1. The Labute approximate surface area is 122 Å². The van der Waals surface area contributed by atoms with Crippen LogP contribution in [0, 0.1) is 12.8 Å². The molecule has 2 unspecified atom stereocenters. The molecule has 3 N–H and O–H groups in total. The molecule has 0 bridgehead atoms. The lowest BCUT2D eigenvalue weighted by molar-refractivity contribution is 0.318. The first-order valence-corrected chi connectivity index (χ1v) is 7.71. The molecule has 1 aromatic carbocycles. The predicted molar refractivity (Wildman–Crippen MR) is 84.3 cm³/mol. The largest absolute Gasteiger partial charge is 0.271 e. The smallest absolute Gasteiger partial charge is 0.0441 e. The van der Waals surface area contributed by atoms with Crippen molar-refractivity contribution in [1.29, 1.82) is 0 Å². The number of halogens is 1. The highest BCUT2D eigenvalue weighted by molar-refractivity contribution is 6.31. The summed E-state index contributed by atoms with van der Waals surface area (Å²) >= 11 is 6.31. The number of hydrogen-bond acceptors (Lipinski definition) is 2. The van der Waals surface area contributed by atoms with Gasteiger partial charge in [0.25, 0.3) is 0 Å². The molecule has 2 nitrogen and oxygen atoms in total. The highest BCUT2D eigenvalue weighted by Crippen LogP contribution is 2.24. The van der Waals surface area contributed by atoms with Gasteiger partial charge in [-0.1, -0.05) is 56.8 Å². The van der Waals surface area contributed by atoms with Crippen LogP contribution in [0.5, 0.6) is 0 Å². The zero-order valence-electron chi connectivity index (χ0n) is 12.4. The molecule has 0 saturated carbocycles. The van der Waals surface area contributed by atoms with E-state index in [-0.39, 0.29) is 0 Å². The molecular weight excluding hydrogens is 256 g/mol. The van der Waals surface area contributed by atoms with Gasteiger partial charge in [0, 0.05) is 11.1 Å². The Balaban J connectivity index is 2.73. The maximum absolute atomic E-state index is 6.31. The van der Waals surface area contributed by atoms with Crippen LogP contribution in [0.4, 0.5) is 0 Å². The third-order valence-corrected chi connectivity index (χ3v) is 4.24. The summed E-state index contributed by atoms with van der Waals surface area (Å²) in [6.45, 7) is 6.53. The number of aryl methyl sites for hydroxylation is 1. The van der Waals surface area contributed by atoms with E-state index in [1.165, 1.54) is 30.4 Å². The summed E-state index contributed by atoms with van der Waals surface area (Å²) in [4.78, 5) is 0. The summed E-state index contributed by atoms with van der Waals surface area (Å²) in [7, 11) is 0. The minimum Gasteiger partial charge on any atom is -0.271 e. The van der Waals surface area contributed by atoms with Crippen LogP contribution in [0.25, 0.3) is 0 Å². The summed E-state index contributed by atoms with van der Waals surface area (Å²) in [5, 5.41) is 0.852. The van der Waals surface area contributed by atoms with Gasteiger partial charge in [0.05, 0.1) is 0 Å². The van der Waals surface area contributed by atoms with Crippen LogP contribution in [0.1, 0.15) is 50.7 Å². The molecule has 0 radical (unpaired) electrons. The third-order valence-electron chi connectivity index (χ3n) is 3.88. The quantitative estimate of drug-likeness (QED) is 0.553. The van der Waals surface area contributed by atoms with E-state index in [2.05, 4.69) is 38.3 Å². The normalized spacial score (nSPS) is 14.4. The van der Waals surface area contributed by atoms with Gasteiger partial charge < -0.3 is 0 Å². The molecule has 0 heterocycles. The molecule has 0 aromatic heterocycles. The number of hydrazine groups is 1. The second kappa shape index (κ2) is 8.57. The fraction of sp³-hybridized carbons (Fsp3) is 0.625. The molecule has 19 heavy (non-hydrogen) atoms. The Bertz CT molecular complexity index is 379. The van der Waals surface area contributed by atoms with Gasteiger partial charge in [-0.3, -0.25) is 11.3 Å². The van der Waals surface area contributed by atoms with E-state index >= 15 is 0 Å². The highest BCUT2D eigenvalue weighted by atomic mass is 35.5. The first kappa shape index (κ1) is 16.5. The molecule has 0 fully saturated rings. The lowest BCUT2D eigenvalue weighted by Crippen LogP contribution is -2.42. The van der Waals surface area contributed by atoms with Crippen molar-refractivity contribution in [1.82, 2.24) is 5.43 Å². The third kappa shape index (κ3) is 5.13. The lowest BCUT2D eigenvalue weighted by atomic mass is 9.87. The van der Waals surface area contributed by atoms with Crippen molar-refractivity contribution in [2.75, 3.05) is 0 Å². The van der Waals surface area contributed by atoms with E-state index in [0.29, 0.717) is 12.0 Å². The topological polar surface area (TPSA) is 38.0 Å². The average Bonchev–Trinajstić information content (AvgIpc) is 2.40. The van der Waals surface area contributed by atoms with Crippen molar-refractivity contribution in [2.24, 2.45) is 11.8 Å². The zero-order valence-corrected chi connectivity index (χ0v) is 13.1. The van der Waals surface area contributed by atoms with Crippen LogP contribution in [0.15, 0.2) is 18.2 Å². The van der Waals surface area contributed by atoms with Crippen LogP contribution in [0.2, 0.25) is 5.02 Å². The molecular formula is C16H27ClN2. The van der Waals surface area contributed by atoms with Crippen LogP contribution >= 0.6 is 11.6 Å². The zero-order chi connectivity index (χ0) is 14.3. The summed E-state index contributed by atoms with van der Waals surface area (Å²) in [5.41, 5.74) is 5.38. The Morgan fingerprint density at radius 2 is 2.05 bits per heavy atom.